The third-order valence-electron chi connectivity index (χ3n) is 4.84. The lowest BCUT2D eigenvalue weighted by Gasteiger charge is -2.27. The molecule has 0 aliphatic heterocycles. The van der Waals surface area contributed by atoms with Crippen LogP contribution in [0.5, 0.6) is 5.75 Å². The number of nitrogens with one attached hydrogen (secondary N) is 1. The number of rotatable bonds is 6. The second-order valence-corrected chi connectivity index (χ2v) is 8.23. The molecule has 0 unspecified atom stereocenters. The number of ether oxygens (including phenoxy) is 2. The minimum absolute atomic E-state index is 0.228. The van der Waals surface area contributed by atoms with E-state index in [1.54, 1.807) is 32.4 Å². The van der Waals surface area contributed by atoms with Crippen LogP contribution < -0.4 is 9.46 Å². The maximum atomic E-state index is 12.7. The third kappa shape index (κ3) is 3.56. The second-order valence-electron chi connectivity index (χ2n) is 6.47. The van der Waals surface area contributed by atoms with Gasteiger partial charge in [0.25, 0.3) is 0 Å². The molecule has 2 aromatic rings. The van der Waals surface area contributed by atoms with Gasteiger partial charge in [-0.25, -0.2) is 13.1 Å². The summed E-state index contributed by atoms with van der Waals surface area (Å²) in [6.45, 7) is 2.05. The first-order chi connectivity index (χ1) is 11.9. The standard InChI is InChI=1S/C19H23NO4S/c1-14-10-17(8-9-18(14)23-2)25(21,22)20-13-19(24-3)11-15-6-4-5-7-16(15)12-19/h4-10,20H,11-13H2,1-3H3. The van der Waals surface area contributed by atoms with E-state index in [0.717, 1.165) is 5.56 Å². The van der Waals surface area contributed by atoms with Crippen LogP contribution in [0.2, 0.25) is 0 Å². The van der Waals surface area contributed by atoms with Crippen molar-refractivity contribution in [3.05, 3.63) is 59.2 Å². The van der Waals surface area contributed by atoms with Gasteiger partial charge in [-0.1, -0.05) is 24.3 Å². The van der Waals surface area contributed by atoms with Crippen molar-refractivity contribution in [3.63, 3.8) is 0 Å². The Kier molecular flexibility index (Phi) is 4.86. The molecule has 0 aromatic heterocycles. The fraction of sp³-hybridized carbons (Fsp3) is 0.368. The molecule has 0 atom stereocenters. The summed E-state index contributed by atoms with van der Waals surface area (Å²) in [5, 5.41) is 0. The van der Waals surface area contributed by atoms with Crippen molar-refractivity contribution in [1.29, 1.82) is 0 Å². The Hall–Kier alpha value is -1.89. The molecule has 1 aliphatic rings. The zero-order chi connectivity index (χ0) is 18.1. The maximum Gasteiger partial charge on any atom is 0.240 e. The summed E-state index contributed by atoms with van der Waals surface area (Å²) < 4.78 is 39.0. The molecular weight excluding hydrogens is 338 g/mol. The number of fused-ring (bicyclic) bond motifs is 1. The lowest BCUT2D eigenvalue weighted by atomic mass is 10.0. The normalized spacial score (nSPS) is 15.8. The van der Waals surface area contributed by atoms with E-state index in [1.807, 2.05) is 19.1 Å². The molecule has 0 heterocycles. The van der Waals surface area contributed by atoms with Gasteiger partial charge >= 0.3 is 0 Å². The maximum absolute atomic E-state index is 12.7. The van der Waals surface area contributed by atoms with Crippen molar-refractivity contribution < 1.29 is 17.9 Å². The minimum atomic E-state index is -3.62. The monoisotopic (exact) mass is 361 g/mol. The molecule has 3 rings (SSSR count). The molecule has 0 amide bonds. The molecule has 6 heteroatoms. The van der Waals surface area contributed by atoms with Gasteiger partial charge < -0.3 is 9.47 Å². The number of aryl methyl sites for hydroxylation is 1. The molecule has 0 spiro atoms. The van der Waals surface area contributed by atoms with E-state index < -0.39 is 15.6 Å². The largest absolute Gasteiger partial charge is 0.496 e. The van der Waals surface area contributed by atoms with E-state index >= 15 is 0 Å². The molecule has 1 N–H and O–H groups in total. The Morgan fingerprint density at radius 2 is 1.72 bits per heavy atom. The average molecular weight is 361 g/mol. The molecule has 0 saturated carbocycles. The highest BCUT2D eigenvalue weighted by molar-refractivity contribution is 7.89. The molecule has 0 bridgehead atoms. The van der Waals surface area contributed by atoms with Crippen LogP contribution in [0.25, 0.3) is 0 Å². The topological polar surface area (TPSA) is 64.6 Å². The van der Waals surface area contributed by atoms with Crippen molar-refractivity contribution in [1.82, 2.24) is 4.72 Å². The van der Waals surface area contributed by atoms with Crippen LogP contribution in [-0.2, 0) is 27.6 Å². The molecule has 5 nitrogen and oxygen atoms in total. The first-order valence-electron chi connectivity index (χ1n) is 8.15. The van der Waals surface area contributed by atoms with Gasteiger partial charge in [0.1, 0.15) is 5.75 Å². The van der Waals surface area contributed by atoms with E-state index in [2.05, 4.69) is 16.9 Å². The van der Waals surface area contributed by atoms with Crippen LogP contribution in [0.1, 0.15) is 16.7 Å². The van der Waals surface area contributed by atoms with Gasteiger partial charge in [-0.3, -0.25) is 0 Å². The summed E-state index contributed by atoms with van der Waals surface area (Å²) in [4.78, 5) is 0.229. The van der Waals surface area contributed by atoms with Gasteiger partial charge in [-0.15, -0.1) is 0 Å². The highest BCUT2D eigenvalue weighted by Crippen LogP contribution is 2.32. The Morgan fingerprint density at radius 3 is 2.24 bits per heavy atom. The molecule has 0 saturated heterocycles. The molecule has 134 valence electrons. The lowest BCUT2D eigenvalue weighted by Crippen LogP contribution is -2.45. The summed E-state index contributed by atoms with van der Waals surface area (Å²) in [6, 6.07) is 13.0. The van der Waals surface area contributed by atoms with Crippen LogP contribution in [0, 0.1) is 6.92 Å². The fourth-order valence-electron chi connectivity index (χ4n) is 3.33. The van der Waals surface area contributed by atoms with Crippen molar-refractivity contribution in [3.8, 4) is 5.75 Å². The van der Waals surface area contributed by atoms with Crippen LogP contribution in [0.4, 0.5) is 0 Å². The third-order valence-corrected chi connectivity index (χ3v) is 6.24. The van der Waals surface area contributed by atoms with Gasteiger partial charge in [0.15, 0.2) is 0 Å². The van der Waals surface area contributed by atoms with Gasteiger partial charge in [0, 0.05) is 26.5 Å². The molecule has 0 fully saturated rings. The van der Waals surface area contributed by atoms with Crippen molar-refractivity contribution in [2.75, 3.05) is 20.8 Å². The van der Waals surface area contributed by atoms with E-state index in [-0.39, 0.29) is 11.4 Å². The molecule has 0 radical (unpaired) electrons. The molecule has 1 aliphatic carbocycles. The summed E-state index contributed by atoms with van der Waals surface area (Å²) in [6.07, 6.45) is 1.40. The van der Waals surface area contributed by atoms with Gasteiger partial charge in [0.05, 0.1) is 17.6 Å². The highest BCUT2D eigenvalue weighted by Gasteiger charge is 2.38. The average Bonchev–Trinajstić information content (AvgIpc) is 2.99. The quantitative estimate of drug-likeness (QED) is 0.858. The Labute approximate surface area is 149 Å². The number of sulfonamides is 1. The van der Waals surface area contributed by atoms with Crippen molar-refractivity contribution >= 4 is 10.0 Å². The Balaban J connectivity index is 1.77. The predicted octanol–water partition coefficient (Wildman–Crippen LogP) is 2.47. The number of benzene rings is 2. The SMILES string of the molecule is COc1ccc(S(=O)(=O)NCC2(OC)Cc3ccccc3C2)cc1C. The molecule has 25 heavy (non-hydrogen) atoms. The fourth-order valence-corrected chi connectivity index (χ4v) is 4.53. The van der Waals surface area contributed by atoms with Gasteiger partial charge in [-0.2, -0.15) is 0 Å². The van der Waals surface area contributed by atoms with E-state index in [0.29, 0.717) is 18.6 Å². The number of methoxy groups -OCH3 is 2. The summed E-state index contributed by atoms with van der Waals surface area (Å²) in [7, 11) is -0.415. The van der Waals surface area contributed by atoms with Crippen molar-refractivity contribution in [2.45, 2.75) is 30.3 Å². The second kappa shape index (κ2) is 6.78. The smallest absolute Gasteiger partial charge is 0.240 e. The van der Waals surface area contributed by atoms with Gasteiger partial charge in [-0.05, 0) is 41.8 Å². The molecule has 2 aromatic carbocycles. The summed E-state index contributed by atoms with van der Waals surface area (Å²) >= 11 is 0. The van der Waals surface area contributed by atoms with E-state index in [4.69, 9.17) is 9.47 Å². The predicted molar refractivity (Wildman–Crippen MR) is 96.5 cm³/mol. The van der Waals surface area contributed by atoms with E-state index in [9.17, 15) is 8.42 Å². The zero-order valence-electron chi connectivity index (χ0n) is 14.7. The van der Waals surface area contributed by atoms with E-state index in [1.165, 1.54) is 11.1 Å². The van der Waals surface area contributed by atoms with Crippen LogP contribution >= 0.6 is 0 Å². The summed E-state index contributed by atoms with van der Waals surface area (Å²) in [5.74, 6) is 0.665. The lowest BCUT2D eigenvalue weighted by molar-refractivity contribution is 0.00378. The number of hydrogen-bond donors (Lipinski definition) is 1. The summed E-state index contributed by atoms with van der Waals surface area (Å²) in [5.41, 5.74) is 2.66. The molecular formula is C19H23NO4S. The van der Waals surface area contributed by atoms with Crippen LogP contribution in [0.3, 0.4) is 0 Å². The van der Waals surface area contributed by atoms with Crippen molar-refractivity contribution in [2.24, 2.45) is 0 Å². The Morgan fingerprint density at radius 1 is 1.08 bits per heavy atom. The first-order valence-corrected chi connectivity index (χ1v) is 9.64. The number of hydrogen-bond acceptors (Lipinski definition) is 4. The minimum Gasteiger partial charge on any atom is -0.496 e. The van der Waals surface area contributed by atoms with Crippen LogP contribution in [-0.4, -0.2) is 34.8 Å². The van der Waals surface area contributed by atoms with Crippen LogP contribution in [0.15, 0.2) is 47.4 Å². The van der Waals surface area contributed by atoms with Gasteiger partial charge in [0.2, 0.25) is 10.0 Å². The highest BCUT2D eigenvalue weighted by atomic mass is 32.2. The first kappa shape index (κ1) is 17.9. The Bertz CT molecular complexity index is 852. The zero-order valence-corrected chi connectivity index (χ0v) is 15.5.